The maximum absolute atomic E-state index is 12.9. The van der Waals surface area contributed by atoms with Gasteiger partial charge < -0.3 is 18.9 Å². The van der Waals surface area contributed by atoms with Crippen LogP contribution in [0.3, 0.4) is 0 Å². The highest BCUT2D eigenvalue weighted by molar-refractivity contribution is 6.07. The summed E-state index contributed by atoms with van der Waals surface area (Å²) in [5.41, 5.74) is 1.57. The van der Waals surface area contributed by atoms with E-state index in [1.165, 1.54) is 6.08 Å². The van der Waals surface area contributed by atoms with Crippen LogP contribution in [0.5, 0.6) is 17.2 Å². The normalized spacial score (nSPS) is 11.6. The minimum absolute atomic E-state index is 0.0415. The van der Waals surface area contributed by atoms with E-state index < -0.39 is 5.41 Å². The second-order valence-corrected chi connectivity index (χ2v) is 9.96. The van der Waals surface area contributed by atoms with E-state index in [0.717, 1.165) is 5.56 Å². The van der Waals surface area contributed by atoms with Crippen LogP contribution in [0, 0.1) is 5.41 Å². The van der Waals surface area contributed by atoms with E-state index in [2.05, 4.69) is 6.58 Å². The first-order chi connectivity index (χ1) is 16.9. The summed E-state index contributed by atoms with van der Waals surface area (Å²) in [5, 5.41) is 0. The summed E-state index contributed by atoms with van der Waals surface area (Å²) in [6.07, 6.45) is 5.60. The van der Waals surface area contributed by atoms with Crippen molar-refractivity contribution in [3.63, 3.8) is 0 Å². The molecule has 0 aromatic heterocycles. The zero-order valence-electron chi connectivity index (χ0n) is 22.4. The molecule has 0 atom stereocenters. The molecule has 0 radical (unpaired) electrons. The molecule has 2 aromatic carbocycles. The summed E-state index contributed by atoms with van der Waals surface area (Å²) >= 11 is 0. The second kappa shape index (κ2) is 13.0. The zero-order chi connectivity index (χ0) is 26.9. The van der Waals surface area contributed by atoms with Crippen molar-refractivity contribution in [2.75, 3.05) is 6.79 Å². The Balaban J connectivity index is 2.23. The van der Waals surface area contributed by atoms with E-state index in [1.807, 2.05) is 45.9 Å². The lowest BCUT2D eigenvalue weighted by atomic mass is 9.98. The van der Waals surface area contributed by atoms with Crippen molar-refractivity contribution in [2.24, 2.45) is 5.41 Å². The molecule has 0 bridgehead atoms. The van der Waals surface area contributed by atoms with Gasteiger partial charge in [0, 0.05) is 5.56 Å². The fourth-order valence-corrected chi connectivity index (χ4v) is 3.17. The van der Waals surface area contributed by atoms with Gasteiger partial charge in [-0.2, -0.15) is 0 Å². The van der Waals surface area contributed by atoms with Crippen LogP contribution in [0.25, 0.3) is 6.08 Å². The number of carbonyl (C=O) groups is 2. The van der Waals surface area contributed by atoms with Crippen molar-refractivity contribution in [1.82, 2.24) is 0 Å². The Kier molecular flexibility index (Phi) is 10.3. The number of benzene rings is 2. The van der Waals surface area contributed by atoms with Crippen LogP contribution >= 0.6 is 0 Å². The van der Waals surface area contributed by atoms with Crippen LogP contribution in [0.4, 0.5) is 0 Å². The third kappa shape index (κ3) is 8.59. The van der Waals surface area contributed by atoms with Crippen molar-refractivity contribution in [3.05, 3.63) is 71.8 Å². The van der Waals surface area contributed by atoms with Crippen molar-refractivity contribution in [1.29, 1.82) is 0 Å². The molecule has 0 saturated carbocycles. The maximum Gasteiger partial charge on any atom is 0.314 e. The smallest absolute Gasteiger partial charge is 0.314 e. The van der Waals surface area contributed by atoms with Crippen LogP contribution in [-0.4, -0.2) is 30.8 Å². The largest absolute Gasteiger partial charge is 0.490 e. The van der Waals surface area contributed by atoms with Crippen molar-refractivity contribution >= 4 is 17.8 Å². The number of rotatable bonds is 12. The number of ketones is 1. The molecule has 2 aromatic rings. The van der Waals surface area contributed by atoms with E-state index >= 15 is 0 Å². The molecule has 0 N–H and O–H groups in total. The Morgan fingerprint density at radius 3 is 2.14 bits per heavy atom. The first-order valence-corrected chi connectivity index (χ1v) is 12.1. The molecular formula is C30H38O6. The van der Waals surface area contributed by atoms with Crippen LogP contribution < -0.4 is 14.2 Å². The van der Waals surface area contributed by atoms with Gasteiger partial charge in [0.1, 0.15) is 17.2 Å². The van der Waals surface area contributed by atoms with Gasteiger partial charge in [-0.25, -0.2) is 0 Å². The number of hydrogen-bond donors (Lipinski definition) is 0. The Bertz CT molecular complexity index is 1070. The minimum Gasteiger partial charge on any atom is -0.490 e. The molecule has 0 fully saturated rings. The van der Waals surface area contributed by atoms with E-state index in [0.29, 0.717) is 34.8 Å². The quantitative estimate of drug-likeness (QED) is 0.106. The van der Waals surface area contributed by atoms with E-state index in [4.69, 9.17) is 18.9 Å². The predicted molar refractivity (Wildman–Crippen MR) is 143 cm³/mol. The molecule has 194 valence electrons. The number of hydrogen-bond acceptors (Lipinski definition) is 6. The summed E-state index contributed by atoms with van der Waals surface area (Å²) in [6.45, 7) is 16.8. The van der Waals surface area contributed by atoms with Crippen LogP contribution in [0.2, 0.25) is 0 Å². The molecule has 0 unspecified atom stereocenters. The van der Waals surface area contributed by atoms with E-state index in [1.54, 1.807) is 51.1 Å². The SMILES string of the molecule is C=CCc1ccc(OC(C)C)c(C=CC(=O)c2ccc(OCOC(=O)C(C)(C)C)cc2)c1OC(C)C. The van der Waals surface area contributed by atoms with E-state index in [-0.39, 0.29) is 30.8 Å². The van der Waals surface area contributed by atoms with Crippen LogP contribution in [-0.2, 0) is 16.0 Å². The second-order valence-electron chi connectivity index (χ2n) is 9.96. The molecule has 6 nitrogen and oxygen atoms in total. The fraction of sp³-hybridized carbons (Fsp3) is 0.400. The van der Waals surface area contributed by atoms with Gasteiger partial charge in [0.05, 0.1) is 23.2 Å². The molecule has 0 spiro atoms. The lowest BCUT2D eigenvalue weighted by Gasteiger charge is -2.20. The fourth-order valence-electron chi connectivity index (χ4n) is 3.17. The zero-order valence-corrected chi connectivity index (χ0v) is 22.4. The van der Waals surface area contributed by atoms with Gasteiger partial charge in [-0.05, 0) is 103 Å². The van der Waals surface area contributed by atoms with Crippen molar-refractivity contribution in [3.8, 4) is 17.2 Å². The highest BCUT2D eigenvalue weighted by Gasteiger charge is 2.23. The molecule has 0 aliphatic rings. The Morgan fingerprint density at radius 2 is 1.58 bits per heavy atom. The lowest BCUT2D eigenvalue weighted by molar-refractivity contribution is -0.159. The van der Waals surface area contributed by atoms with Crippen LogP contribution in [0.15, 0.2) is 55.1 Å². The molecule has 6 heteroatoms. The average Bonchev–Trinajstić information content (AvgIpc) is 2.79. The van der Waals surface area contributed by atoms with Crippen molar-refractivity contribution in [2.45, 2.75) is 67.1 Å². The molecule has 36 heavy (non-hydrogen) atoms. The predicted octanol–water partition coefficient (Wildman–Crippen LogP) is 6.81. The Labute approximate surface area is 214 Å². The third-order valence-electron chi connectivity index (χ3n) is 4.89. The summed E-state index contributed by atoms with van der Waals surface area (Å²) in [7, 11) is 0. The summed E-state index contributed by atoms with van der Waals surface area (Å²) in [4.78, 5) is 24.8. The van der Waals surface area contributed by atoms with Crippen molar-refractivity contribution < 1.29 is 28.5 Å². The monoisotopic (exact) mass is 494 g/mol. The molecule has 0 aliphatic heterocycles. The van der Waals surface area contributed by atoms with Crippen LogP contribution in [0.1, 0.15) is 70.0 Å². The van der Waals surface area contributed by atoms with Gasteiger partial charge >= 0.3 is 5.97 Å². The number of ether oxygens (including phenoxy) is 4. The third-order valence-corrected chi connectivity index (χ3v) is 4.89. The molecule has 0 amide bonds. The molecule has 2 rings (SSSR count). The standard InChI is InChI=1S/C30H38O6/c1-9-10-23-13-18-27(35-20(2)3)25(28(23)36-21(4)5)16-17-26(31)22-11-14-24(15-12-22)33-19-34-29(32)30(6,7)8/h9,11-18,20-21H,1,10,19H2,2-8H3. The number of allylic oxidation sites excluding steroid dienone is 2. The lowest BCUT2D eigenvalue weighted by Crippen LogP contribution is -2.24. The average molecular weight is 495 g/mol. The Hall–Kier alpha value is -3.54. The van der Waals surface area contributed by atoms with Gasteiger partial charge in [0.25, 0.3) is 0 Å². The van der Waals surface area contributed by atoms with Gasteiger partial charge in [-0.15, -0.1) is 6.58 Å². The molecule has 0 aliphatic carbocycles. The highest BCUT2D eigenvalue weighted by atomic mass is 16.7. The summed E-state index contributed by atoms with van der Waals surface area (Å²) < 4.78 is 22.7. The summed E-state index contributed by atoms with van der Waals surface area (Å²) in [5.74, 6) is 1.29. The number of carbonyl (C=O) groups excluding carboxylic acids is 2. The van der Waals surface area contributed by atoms with Gasteiger partial charge in [-0.1, -0.05) is 12.1 Å². The summed E-state index contributed by atoms with van der Waals surface area (Å²) in [6, 6.07) is 10.5. The first-order valence-electron chi connectivity index (χ1n) is 12.1. The first kappa shape index (κ1) is 28.7. The van der Waals surface area contributed by atoms with E-state index in [9.17, 15) is 9.59 Å². The molecular weight excluding hydrogens is 456 g/mol. The molecule has 0 heterocycles. The maximum atomic E-state index is 12.9. The molecule has 0 saturated heterocycles. The topological polar surface area (TPSA) is 71.1 Å². The van der Waals surface area contributed by atoms with Gasteiger partial charge in [0.15, 0.2) is 5.78 Å². The minimum atomic E-state index is -0.600. The van der Waals surface area contributed by atoms with Gasteiger partial charge in [0.2, 0.25) is 6.79 Å². The van der Waals surface area contributed by atoms with Gasteiger partial charge in [-0.3, -0.25) is 9.59 Å². The Morgan fingerprint density at radius 1 is 0.944 bits per heavy atom. The number of esters is 1. The highest BCUT2D eigenvalue weighted by Crippen LogP contribution is 2.36.